The molecule has 0 spiro atoms. The predicted octanol–water partition coefficient (Wildman–Crippen LogP) is 3.32. The topological polar surface area (TPSA) is 75.1 Å². The molecule has 2 aromatic rings. The second kappa shape index (κ2) is 10.1. The van der Waals surface area contributed by atoms with Gasteiger partial charge >= 0.3 is 0 Å². The molecule has 178 valence electrons. The van der Waals surface area contributed by atoms with Gasteiger partial charge in [-0.2, -0.15) is 0 Å². The summed E-state index contributed by atoms with van der Waals surface area (Å²) in [5.41, 5.74) is 2.07. The van der Waals surface area contributed by atoms with Gasteiger partial charge in [0.05, 0.1) is 19.8 Å². The van der Waals surface area contributed by atoms with Crippen LogP contribution < -0.4 is 9.47 Å². The van der Waals surface area contributed by atoms with Crippen LogP contribution in [0, 0.1) is 11.8 Å². The van der Waals surface area contributed by atoms with Crippen molar-refractivity contribution >= 4 is 5.91 Å². The van der Waals surface area contributed by atoms with Gasteiger partial charge in [0.25, 0.3) is 5.91 Å². The first-order chi connectivity index (χ1) is 15.9. The van der Waals surface area contributed by atoms with Crippen LogP contribution in [0.15, 0.2) is 36.5 Å². The second-order valence-electron chi connectivity index (χ2n) is 9.56. The average molecular weight is 454 g/mol. The average Bonchev–Trinajstić information content (AvgIpc) is 3.64. The van der Waals surface area contributed by atoms with Gasteiger partial charge in [-0.15, -0.1) is 0 Å². The SMILES string of the molecule is COc1ccccc1-c1cnc2c(c1)C(=O)N([C@@H](C)CO)C[C@@H](C)[C@@H](CN(C)CC1CC1)O2. The second-order valence-corrected chi connectivity index (χ2v) is 9.56. The maximum atomic E-state index is 13.6. The van der Waals surface area contributed by atoms with E-state index in [1.165, 1.54) is 12.8 Å². The van der Waals surface area contributed by atoms with Crippen molar-refractivity contribution in [2.24, 2.45) is 11.8 Å². The van der Waals surface area contributed by atoms with Crippen LogP contribution in [-0.2, 0) is 0 Å². The van der Waals surface area contributed by atoms with Gasteiger partial charge < -0.3 is 24.4 Å². The zero-order valence-electron chi connectivity index (χ0n) is 20.0. The van der Waals surface area contributed by atoms with Gasteiger partial charge in [0.15, 0.2) is 0 Å². The summed E-state index contributed by atoms with van der Waals surface area (Å²) in [5.74, 6) is 1.78. The molecule has 1 aliphatic heterocycles. The Hall–Kier alpha value is -2.64. The molecule has 7 nitrogen and oxygen atoms in total. The summed E-state index contributed by atoms with van der Waals surface area (Å²) < 4.78 is 11.9. The zero-order valence-corrected chi connectivity index (χ0v) is 20.0. The van der Waals surface area contributed by atoms with E-state index < -0.39 is 0 Å². The molecular weight excluding hydrogens is 418 g/mol. The molecule has 1 fully saturated rings. The normalized spacial score (nSPS) is 21.8. The van der Waals surface area contributed by atoms with Crippen LogP contribution in [-0.4, -0.2) is 78.3 Å². The Bertz CT molecular complexity index is 978. The van der Waals surface area contributed by atoms with E-state index in [0.29, 0.717) is 23.7 Å². The molecule has 0 saturated heterocycles. The van der Waals surface area contributed by atoms with Crippen LogP contribution >= 0.6 is 0 Å². The van der Waals surface area contributed by atoms with Crippen LogP contribution in [0.4, 0.5) is 0 Å². The van der Waals surface area contributed by atoms with Crippen molar-refractivity contribution in [3.05, 3.63) is 42.1 Å². The van der Waals surface area contributed by atoms with Crippen LogP contribution in [0.25, 0.3) is 11.1 Å². The molecular formula is C26H35N3O4. The number of likely N-dealkylation sites (N-methyl/N-ethyl adjacent to an activating group) is 1. The molecule has 7 heteroatoms. The summed E-state index contributed by atoms with van der Waals surface area (Å²) >= 11 is 0. The lowest BCUT2D eigenvalue weighted by Gasteiger charge is -2.37. The highest BCUT2D eigenvalue weighted by Gasteiger charge is 2.35. The standard InChI is InChI=1S/C26H35N3O4/c1-17-13-29(18(2)16-30)26(31)22-11-20(21-7-5-6-8-23(21)32-4)12-27-25(22)33-24(17)15-28(3)14-19-9-10-19/h5-8,11-12,17-19,24,30H,9-10,13-16H2,1-4H3/t17-,18+,24-/m1/s1. The smallest absolute Gasteiger partial charge is 0.259 e. The third kappa shape index (κ3) is 5.31. The number of para-hydroxylation sites is 1. The van der Waals surface area contributed by atoms with E-state index in [1.807, 2.05) is 37.3 Å². The fraction of sp³-hybridized carbons (Fsp3) is 0.538. The number of rotatable bonds is 8. The van der Waals surface area contributed by atoms with Crippen molar-refractivity contribution < 1.29 is 19.4 Å². The molecule has 3 atom stereocenters. The molecule has 2 heterocycles. The Balaban J connectivity index is 1.71. The number of aliphatic hydroxyl groups is 1. The summed E-state index contributed by atoms with van der Waals surface area (Å²) in [4.78, 5) is 22.3. The van der Waals surface area contributed by atoms with E-state index in [2.05, 4.69) is 23.9 Å². The Morgan fingerprint density at radius 3 is 2.73 bits per heavy atom. The van der Waals surface area contributed by atoms with Crippen molar-refractivity contribution in [3.63, 3.8) is 0 Å². The highest BCUT2D eigenvalue weighted by Crippen LogP contribution is 2.34. The Morgan fingerprint density at radius 2 is 2.03 bits per heavy atom. The number of fused-ring (bicyclic) bond motifs is 1. The third-order valence-corrected chi connectivity index (χ3v) is 6.70. The number of aliphatic hydroxyl groups excluding tert-OH is 1. The molecule has 1 saturated carbocycles. The number of ether oxygens (including phenoxy) is 2. The van der Waals surface area contributed by atoms with Crippen molar-refractivity contribution in [3.8, 4) is 22.8 Å². The maximum absolute atomic E-state index is 13.6. The molecule has 1 aliphatic carbocycles. The van der Waals surface area contributed by atoms with E-state index in [-0.39, 0.29) is 30.6 Å². The summed E-state index contributed by atoms with van der Waals surface area (Å²) in [6, 6.07) is 9.21. The minimum atomic E-state index is -0.300. The highest BCUT2D eigenvalue weighted by molar-refractivity contribution is 5.98. The summed E-state index contributed by atoms with van der Waals surface area (Å²) in [7, 11) is 3.76. The number of methoxy groups -OCH3 is 1. The van der Waals surface area contributed by atoms with Crippen molar-refractivity contribution in [2.75, 3.05) is 40.4 Å². The molecule has 1 aromatic heterocycles. The van der Waals surface area contributed by atoms with Gasteiger partial charge in [0.2, 0.25) is 5.88 Å². The van der Waals surface area contributed by atoms with Gasteiger partial charge in [0.1, 0.15) is 17.4 Å². The zero-order chi connectivity index (χ0) is 23.5. The van der Waals surface area contributed by atoms with E-state index in [1.54, 1.807) is 18.2 Å². The van der Waals surface area contributed by atoms with Crippen molar-refractivity contribution in [1.82, 2.24) is 14.8 Å². The fourth-order valence-corrected chi connectivity index (χ4v) is 4.47. The summed E-state index contributed by atoms with van der Waals surface area (Å²) in [6.45, 7) is 6.23. The van der Waals surface area contributed by atoms with Crippen LogP contribution in [0.3, 0.4) is 0 Å². The lowest BCUT2D eigenvalue weighted by Crippen LogP contribution is -2.50. The quantitative estimate of drug-likeness (QED) is 0.661. The number of hydrogen-bond donors (Lipinski definition) is 1. The fourth-order valence-electron chi connectivity index (χ4n) is 4.47. The third-order valence-electron chi connectivity index (χ3n) is 6.70. The number of nitrogens with zero attached hydrogens (tertiary/aromatic N) is 3. The van der Waals surface area contributed by atoms with Crippen molar-refractivity contribution in [1.29, 1.82) is 0 Å². The predicted molar refractivity (Wildman–Crippen MR) is 128 cm³/mol. The van der Waals surface area contributed by atoms with Gasteiger partial charge in [-0.1, -0.05) is 25.1 Å². The van der Waals surface area contributed by atoms with Gasteiger partial charge in [-0.3, -0.25) is 4.79 Å². The van der Waals surface area contributed by atoms with Gasteiger partial charge in [-0.25, -0.2) is 4.98 Å². The molecule has 2 aliphatic rings. The Labute approximate surface area is 196 Å². The minimum absolute atomic E-state index is 0.0912. The number of hydrogen-bond acceptors (Lipinski definition) is 6. The van der Waals surface area contributed by atoms with E-state index in [9.17, 15) is 9.90 Å². The summed E-state index contributed by atoms with van der Waals surface area (Å²) in [6.07, 6.45) is 4.23. The Kier molecular flexibility index (Phi) is 7.20. The summed E-state index contributed by atoms with van der Waals surface area (Å²) in [5, 5.41) is 9.85. The Morgan fingerprint density at radius 1 is 1.27 bits per heavy atom. The molecule has 1 amide bonds. The number of amides is 1. The van der Waals surface area contributed by atoms with Crippen LogP contribution in [0.2, 0.25) is 0 Å². The minimum Gasteiger partial charge on any atom is -0.496 e. The van der Waals surface area contributed by atoms with E-state index in [0.717, 1.165) is 30.1 Å². The monoisotopic (exact) mass is 453 g/mol. The number of benzene rings is 1. The maximum Gasteiger partial charge on any atom is 0.259 e. The molecule has 1 aromatic carbocycles. The van der Waals surface area contributed by atoms with Gasteiger partial charge in [-0.05, 0) is 44.9 Å². The van der Waals surface area contributed by atoms with Gasteiger partial charge in [0, 0.05) is 42.9 Å². The lowest BCUT2D eigenvalue weighted by atomic mass is 9.99. The van der Waals surface area contributed by atoms with Crippen LogP contribution in [0.1, 0.15) is 37.0 Å². The number of aromatic nitrogens is 1. The first-order valence-electron chi connectivity index (χ1n) is 11.8. The lowest BCUT2D eigenvalue weighted by molar-refractivity contribution is 0.0328. The number of carbonyl (C=O) groups is 1. The first kappa shape index (κ1) is 23.5. The van der Waals surface area contributed by atoms with Crippen molar-refractivity contribution in [2.45, 2.75) is 38.8 Å². The first-order valence-corrected chi connectivity index (χ1v) is 11.8. The molecule has 0 unspecified atom stereocenters. The number of carbonyl (C=O) groups excluding carboxylic acids is 1. The molecule has 0 radical (unpaired) electrons. The van der Waals surface area contributed by atoms with E-state index in [4.69, 9.17) is 9.47 Å². The molecule has 0 bridgehead atoms. The molecule has 1 N–H and O–H groups in total. The largest absolute Gasteiger partial charge is 0.496 e. The molecule has 4 rings (SSSR count). The number of pyridine rings is 1. The van der Waals surface area contributed by atoms with E-state index >= 15 is 0 Å². The molecule has 33 heavy (non-hydrogen) atoms. The van der Waals surface area contributed by atoms with Crippen LogP contribution in [0.5, 0.6) is 11.6 Å². The highest BCUT2D eigenvalue weighted by atomic mass is 16.5.